The fraction of sp³-hybridized carbons (Fsp3) is 0.300. The summed E-state index contributed by atoms with van der Waals surface area (Å²) < 4.78 is 52.8. The fourth-order valence-corrected chi connectivity index (χ4v) is 5.87. The molecule has 0 N–H and O–H groups in total. The maximum atomic E-state index is 14.3. The van der Waals surface area contributed by atoms with Gasteiger partial charge in [0.2, 0.25) is 0 Å². The number of carbonyl (C=O) groups is 1. The maximum Gasteiger partial charge on any atom is 0.305 e. The molecule has 0 fully saturated rings. The third-order valence-electron chi connectivity index (χ3n) is 6.17. The van der Waals surface area contributed by atoms with E-state index in [0.29, 0.717) is 39.6 Å². The summed E-state index contributed by atoms with van der Waals surface area (Å²) >= 11 is 6.20. The van der Waals surface area contributed by atoms with Crippen LogP contribution in [-0.4, -0.2) is 34.6 Å². The highest BCUT2D eigenvalue weighted by Gasteiger charge is 2.30. The van der Waals surface area contributed by atoms with Crippen LogP contribution < -0.4 is 9.04 Å². The van der Waals surface area contributed by atoms with Crippen LogP contribution in [0, 0.1) is 5.82 Å². The molecule has 0 radical (unpaired) electrons. The van der Waals surface area contributed by atoms with Gasteiger partial charge >= 0.3 is 5.97 Å². The molecule has 0 saturated carbocycles. The lowest BCUT2D eigenvalue weighted by molar-refractivity contribution is -0.140. The molecule has 0 aliphatic carbocycles. The van der Waals surface area contributed by atoms with E-state index in [-0.39, 0.29) is 29.9 Å². The number of hydrogen-bond donors (Lipinski definition) is 0. The molecule has 4 rings (SSSR count). The Labute approximate surface area is 235 Å². The van der Waals surface area contributed by atoms with Crippen LogP contribution >= 0.6 is 11.6 Å². The van der Waals surface area contributed by atoms with Crippen molar-refractivity contribution in [1.29, 1.82) is 0 Å². The number of rotatable bonds is 6. The number of halogens is 2. The van der Waals surface area contributed by atoms with E-state index in [9.17, 15) is 17.6 Å². The van der Waals surface area contributed by atoms with Crippen molar-refractivity contribution in [3.63, 3.8) is 0 Å². The molecule has 6 nitrogen and oxygen atoms in total. The van der Waals surface area contributed by atoms with Gasteiger partial charge in [0, 0.05) is 12.0 Å². The van der Waals surface area contributed by atoms with Crippen LogP contribution in [0.2, 0.25) is 5.02 Å². The van der Waals surface area contributed by atoms with Gasteiger partial charge in [-0.3, -0.25) is 9.10 Å². The van der Waals surface area contributed by atoms with Crippen molar-refractivity contribution in [2.45, 2.75) is 44.9 Å². The van der Waals surface area contributed by atoms with Gasteiger partial charge in [0.1, 0.15) is 18.2 Å². The quantitative estimate of drug-likeness (QED) is 0.228. The number of methoxy groups -OCH3 is 1. The molecule has 0 atom stereocenters. The van der Waals surface area contributed by atoms with E-state index in [1.807, 2.05) is 26.0 Å². The van der Waals surface area contributed by atoms with Crippen LogP contribution in [0.3, 0.4) is 0 Å². The SMILES string of the molecule is C/C(=C\c1ccc2c(c1)N(S(=O)(=O)c1cccc(C(C)C)c1)CCO2)c1c(F)cccc1Cl.CCC(=O)OC. The molecule has 0 bridgehead atoms. The van der Waals surface area contributed by atoms with Crippen molar-refractivity contribution >= 4 is 44.9 Å². The summed E-state index contributed by atoms with van der Waals surface area (Å²) in [7, 11) is -2.41. The van der Waals surface area contributed by atoms with Gasteiger partial charge in [-0.05, 0) is 65.9 Å². The molecular formula is C30H33ClFNO5S. The Morgan fingerprint density at radius 3 is 2.49 bits per heavy atom. The molecule has 1 heterocycles. The van der Waals surface area contributed by atoms with E-state index in [0.717, 1.165) is 5.56 Å². The molecule has 0 spiro atoms. The molecule has 0 unspecified atom stereocenters. The van der Waals surface area contributed by atoms with Gasteiger partial charge in [-0.1, -0.05) is 62.7 Å². The first-order valence-corrected chi connectivity index (χ1v) is 14.4. The smallest absolute Gasteiger partial charge is 0.305 e. The molecule has 3 aromatic carbocycles. The number of allylic oxidation sites excluding steroid dienone is 1. The molecule has 1 aliphatic heterocycles. The normalized spacial score (nSPS) is 13.2. The molecule has 0 saturated heterocycles. The van der Waals surface area contributed by atoms with Crippen molar-refractivity contribution in [3.8, 4) is 5.75 Å². The van der Waals surface area contributed by atoms with E-state index < -0.39 is 15.8 Å². The summed E-state index contributed by atoms with van der Waals surface area (Å²) in [4.78, 5) is 10.2. The summed E-state index contributed by atoms with van der Waals surface area (Å²) in [6.45, 7) is 8.04. The minimum absolute atomic E-state index is 0.157. The first kappa shape index (κ1) is 30.2. The number of anilines is 1. The standard InChI is InChI=1S/C26H25ClFNO3S.C4H8O2/c1-17(2)20-6-4-7-21(16-20)33(30,31)29-12-13-32-25-11-10-19(15-24(25)29)14-18(3)26-22(27)8-5-9-23(26)28;1-3-4(5)6-2/h4-11,14-17H,12-13H2,1-3H3;3H2,1-2H3/b18-14+;. The second-order valence-electron chi connectivity index (χ2n) is 9.23. The van der Waals surface area contributed by atoms with Gasteiger partial charge < -0.3 is 9.47 Å². The molecular weight excluding hydrogens is 541 g/mol. The molecule has 39 heavy (non-hydrogen) atoms. The molecule has 9 heteroatoms. The Hall–Kier alpha value is -3.36. The number of benzene rings is 3. The predicted molar refractivity (Wildman–Crippen MR) is 154 cm³/mol. The van der Waals surface area contributed by atoms with Gasteiger partial charge in [-0.2, -0.15) is 0 Å². The van der Waals surface area contributed by atoms with Crippen molar-refractivity contribution in [3.05, 3.63) is 88.2 Å². The van der Waals surface area contributed by atoms with Crippen LogP contribution in [0.5, 0.6) is 5.75 Å². The molecule has 0 amide bonds. The largest absolute Gasteiger partial charge is 0.489 e. The zero-order valence-electron chi connectivity index (χ0n) is 22.7. The summed E-state index contributed by atoms with van der Waals surface area (Å²) in [6.07, 6.45) is 2.25. The lowest BCUT2D eigenvalue weighted by Gasteiger charge is -2.31. The highest BCUT2D eigenvalue weighted by atomic mass is 35.5. The lowest BCUT2D eigenvalue weighted by atomic mass is 10.0. The highest BCUT2D eigenvalue weighted by Crippen LogP contribution is 2.37. The Morgan fingerprint density at radius 2 is 1.87 bits per heavy atom. The lowest BCUT2D eigenvalue weighted by Crippen LogP contribution is -2.38. The number of hydrogen-bond acceptors (Lipinski definition) is 5. The average Bonchev–Trinajstić information content (AvgIpc) is 2.92. The number of nitrogens with zero attached hydrogens (tertiary/aromatic N) is 1. The Bertz CT molecular complexity index is 1440. The topological polar surface area (TPSA) is 72.9 Å². The first-order valence-electron chi connectivity index (χ1n) is 12.6. The van der Waals surface area contributed by atoms with Crippen molar-refractivity contribution in [2.75, 3.05) is 24.6 Å². The predicted octanol–water partition coefficient (Wildman–Crippen LogP) is 7.32. The summed E-state index contributed by atoms with van der Waals surface area (Å²) in [5.41, 5.74) is 3.08. The van der Waals surface area contributed by atoms with E-state index in [4.69, 9.17) is 16.3 Å². The minimum atomic E-state index is -3.79. The van der Waals surface area contributed by atoms with Gasteiger partial charge in [-0.25, -0.2) is 12.8 Å². The number of esters is 1. The zero-order chi connectivity index (χ0) is 28.7. The number of ether oxygens (including phenoxy) is 2. The average molecular weight is 574 g/mol. The fourth-order valence-electron chi connectivity index (χ4n) is 4.05. The molecule has 3 aromatic rings. The van der Waals surface area contributed by atoms with Crippen LogP contribution in [-0.2, 0) is 19.6 Å². The van der Waals surface area contributed by atoms with Gasteiger partial charge in [0.05, 0.1) is 29.3 Å². The Kier molecular flexibility index (Phi) is 10.2. The van der Waals surface area contributed by atoms with Gasteiger partial charge in [0.25, 0.3) is 10.0 Å². The Balaban J connectivity index is 0.000000631. The molecule has 1 aliphatic rings. The molecule has 208 valence electrons. The van der Waals surface area contributed by atoms with Crippen molar-refractivity contribution < 1.29 is 27.1 Å². The van der Waals surface area contributed by atoms with Crippen LogP contribution in [0.25, 0.3) is 11.6 Å². The third kappa shape index (κ3) is 7.19. The van der Waals surface area contributed by atoms with E-state index in [2.05, 4.69) is 4.74 Å². The third-order valence-corrected chi connectivity index (χ3v) is 8.30. The van der Waals surface area contributed by atoms with E-state index in [1.165, 1.54) is 17.5 Å². The summed E-state index contributed by atoms with van der Waals surface area (Å²) in [6, 6.07) is 16.9. The number of carbonyl (C=O) groups excluding carboxylic acids is 1. The maximum absolute atomic E-state index is 14.3. The second kappa shape index (κ2) is 13.1. The van der Waals surface area contributed by atoms with Crippen molar-refractivity contribution in [2.24, 2.45) is 0 Å². The summed E-state index contributed by atoms with van der Waals surface area (Å²) in [5, 5.41) is 0.319. The van der Waals surface area contributed by atoms with Crippen LogP contribution in [0.15, 0.2) is 65.6 Å². The van der Waals surface area contributed by atoms with Gasteiger partial charge in [0.15, 0.2) is 0 Å². The monoisotopic (exact) mass is 573 g/mol. The summed E-state index contributed by atoms with van der Waals surface area (Å²) in [5.74, 6) is 0.132. The first-order chi connectivity index (χ1) is 18.5. The van der Waals surface area contributed by atoms with Crippen molar-refractivity contribution in [1.82, 2.24) is 0 Å². The minimum Gasteiger partial charge on any atom is -0.489 e. The van der Waals surface area contributed by atoms with E-state index in [1.54, 1.807) is 62.4 Å². The molecule has 0 aromatic heterocycles. The van der Waals surface area contributed by atoms with Crippen LogP contribution in [0.4, 0.5) is 10.1 Å². The van der Waals surface area contributed by atoms with E-state index >= 15 is 0 Å². The Morgan fingerprint density at radius 1 is 1.15 bits per heavy atom. The number of sulfonamides is 1. The zero-order valence-corrected chi connectivity index (χ0v) is 24.3. The highest BCUT2D eigenvalue weighted by molar-refractivity contribution is 7.92. The van der Waals surface area contributed by atoms with Crippen LogP contribution in [0.1, 0.15) is 56.7 Å². The second-order valence-corrected chi connectivity index (χ2v) is 11.5. The number of fused-ring (bicyclic) bond motifs is 1. The van der Waals surface area contributed by atoms with Gasteiger partial charge in [-0.15, -0.1) is 0 Å².